The molecule has 5 N–H and O–H groups in total. The highest BCUT2D eigenvalue weighted by Crippen LogP contribution is 2.26. The first-order chi connectivity index (χ1) is 7.92. The van der Waals surface area contributed by atoms with Crippen molar-refractivity contribution in [3.05, 3.63) is 29.3 Å². The summed E-state index contributed by atoms with van der Waals surface area (Å²) in [5.41, 5.74) is 6.74. The molecule has 7 heteroatoms. The van der Waals surface area contributed by atoms with Gasteiger partial charge in [0.05, 0.1) is 0 Å². The van der Waals surface area contributed by atoms with E-state index in [1.165, 1.54) is 0 Å². The number of aliphatic carboxylic acids is 1. The molecule has 0 heterocycles. The van der Waals surface area contributed by atoms with Crippen molar-refractivity contribution in [3.8, 4) is 0 Å². The van der Waals surface area contributed by atoms with E-state index in [9.17, 15) is 4.79 Å². The molecule has 0 saturated heterocycles. The van der Waals surface area contributed by atoms with Crippen LogP contribution in [0.25, 0.3) is 0 Å². The van der Waals surface area contributed by atoms with Crippen LogP contribution < -0.4 is 11.2 Å². The van der Waals surface area contributed by atoms with Gasteiger partial charge in [-0.1, -0.05) is 18.2 Å². The first-order valence-electron chi connectivity index (χ1n) is 5.42. The van der Waals surface area contributed by atoms with Crippen LogP contribution in [-0.4, -0.2) is 33.8 Å². The van der Waals surface area contributed by atoms with Crippen molar-refractivity contribution in [3.63, 3.8) is 0 Å². The van der Waals surface area contributed by atoms with Gasteiger partial charge in [-0.25, -0.2) is 0 Å². The molecule has 1 atom stereocenters. The number of nitrogens with two attached hydrogens (primary N) is 1. The van der Waals surface area contributed by atoms with Crippen LogP contribution in [0.3, 0.4) is 0 Å². The normalized spacial score (nSPS) is 21.7. The van der Waals surface area contributed by atoms with Gasteiger partial charge in [-0.15, -0.1) is 12.4 Å². The Labute approximate surface area is 111 Å². The van der Waals surface area contributed by atoms with E-state index in [0.29, 0.717) is 18.3 Å². The predicted octanol–water partition coefficient (Wildman–Crippen LogP) is -0.941. The largest absolute Gasteiger partial charge is 0.488 e. The highest BCUT2D eigenvalue weighted by Gasteiger charge is 2.37. The third-order valence-corrected chi connectivity index (χ3v) is 3.30. The second-order valence-electron chi connectivity index (χ2n) is 4.54. The number of aryl methyl sites for hydroxylation is 1. The fraction of sp³-hybridized carbons (Fsp3) is 0.364. The van der Waals surface area contributed by atoms with Gasteiger partial charge in [0.1, 0.15) is 5.54 Å². The Morgan fingerprint density at radius 1 is 1.33 bits per heavy atom. The van der Waals surface area contributed by atoms with Crippen LogP contribution >= 0.6 is 12.4 Å². The topological polar surface area (TPSA) is 104 Å². The van der Waals surface area contributed by atoms with E-state index in [0.717, 1.165) is 11.1 Å². The highest BCUT2D eigenvalue weighted by molar-refractivity contribution is 6.58. The molecule has 0 spiro atoms. The summed E-state index contributed by atoms with van der Waals surface area (Å²) in [6.45, 7) is 0. The average molecular weight is 272 g/mol. The van der Waals surface area contributed by atoms with Crippen LogP contribution in [0.2, 0.25) is 0 Å². The summed E-state index contributed by atoms with van der Waals surface area (Å²) in [7, 11) is -1.54. The molecule has 1 aliphatic rings. The van der Waals surface area contributed by atoms with Gasteiger partial charge < -0.3 is 20.9 Å². The van der Waals surface area contributed by atoms with E-state index in [1.807, 2.05) is 0 Å². The molecule has 0 saturated carbocycles. The molecule has 2 rings (SSSR count). The summed E-state index contributed by atoms with van der Waals surface area (Å²) in [6.07, 6.45) is 1.22. The second kappa shape index (κ2) is 5.28. The van der Waals surface area contributed by atoms with Crippen LogP contribution in [0.1, 0.15) is 17.5 Å². The minimum Gasteiger partial charge on any atom is -0.480 e. The minimum atomic E-state index is -1.54. The van der Waals surface area contributed by atoms with E-state index < -0.39 is 18.6 Å². The van der Waals surface area contributed by atoms with Crippen LogP contribution in [0.5, 0.6) is 0 Å². The zero-order chi connectivity index (χ0) is 12.6. The Bertz CT molecular complexity index is 468. The van der Waals surface area contributed by atoms with E-state index in [-0.39, 0.29) is 18.8 Å². The lowest BCUT2D eigenvalue weighted by Crippen LogP contribution is -2.52. The number of hydrogen-bond acceptors (Lipinski definition) is 4. The number of hydrogen-bond donors (Lipinski definition) is 4. The lowest BCUT2D eigenvalue weighted by atomic mass is 9.73. The smallest absolute Gasteiger partial charge is 0.480 e. The van der Waals surface area contributed by atoms with Crippen LogP contribution in [0.4, 0.5) is 0 Å². The lowest BCUT2D eigenvalue weighted by Gasteiger charge is -2.31. The van der Waals surface area contributed by atoms with Crippen molar-refractivity contribution in [2.45, 2.75) is 24.8 Å². The molecule has 1 aromatic rings. The molecule has 5 nitrogen and oxygen atoms in total. The van der Waals surface area contributed by atoms with Crippen LogP contribution in [0.15, 0.2) is 18.2 Å². The average Bonchev–Trinajstić information content (AvgIpc) is 2.27. The maximum absolute atomic E-state index is 11.1. The van der Waals surface area contributed by atoms with Gasteiger partial charge in [-0.3, -0.25) is 4.79 Å². The zero-order valence-electron chi connectivity index (χ0n) is 9.67. The molecule has 0 bridgehead atoms. The molecule has 18 heavy (non-hydrogen) atoms. The minimum absolute atomic E-state index is 0. The Morgan fingerprint density at radius 3 is 2.56 bits per heavy atom. The van der Waals surface area contributed by atoms with E-state index >= 15 is 0 Å². The van der Waals surface area contributed by atoms with Gasteiger partial charge in [0.15, 0.2) is 0 Å². The zero-order valence-corrected chi connectivity index (χ0v) is 10.5. The van der Waals surface area contributed by atoms with Crippen LogP contribution in [-0.2, 0) is 17.6 Å². The number of carbonyl (C=O) groups is 1. The predicted molar refractivity (Wildman–Crippen MR) is 70.1 cm³/mol. The number of carboxylic acids is 1. The summed E-state index contributed by atoms with van der Waals surface area (Å²) >= 11 is 0. The van der Waals surface area contributed by atoms with Crippen molar-refractivity contribution in [1.82, 2.24) is 0 Å². The molecule has 0 fully saturated rings. The van der Waals surface area contributed by atoms with Crippen molar-refractivity contribution in [2.75, 3.05) is 0 Å². The molecule has 1 aromatic carbocycles. The highest BCUT2D eigenvalue weighted by atomic mass is 35.5. The molecular formula is C11H15BClNO4. The summed E-state index contributed by atoms with van der Waals surface area (Å²) in [4.78, 5) is 11.1. The fourth-order valence-electron chi connectivity index (χ4n) is 2.18. The van der Waals surface area contributed by atoms with E-state index in [4.69, 9.17) is 20.9 Å². The van der Waals surface area contributed by atoms with Crippen LogP contribution in [0, 0.1) is 0 Å². The Hall–Kier alpha value is -1.08. The van der Waals surface area contributed by atoms with Crippen molar-refractivity contribution in [2.24, 2.45) is 5.73 Å². The molecule has 0 aliphatic heterocycles. The summed E-state index contributed by atoms with van der Waals surface area (Å²) in [6, 6.07) is 5.04. The number of halogens is 1. The number of rotatable bonds is 2. The quantitative estimate of drug-likeness (QED) is 0.520. The standard InChI is InChI=1S/C11H14BNO4.ClH/c13-11(10(14)15)4-3-7-1-2-9(12(16)17)5-8(7)6-11;/h1-2,5,16-17H,3-4,6,13H2,(H,14,15);1H. The van der Waals surface area contributed by atoms with Crippen molar-refractivity contribution in [1.29, 1.82) is 0 Å². The summed E-state index contributed by atoms with van der Waals surface area (Å²) < 4.78 is 0. The van der Waals surface area contributed by atoms with E-state index in [2.05, 4.69) is 0 Å². The van der Waals surface area contributed by atoms with Gasteiger partial charge in [0, 0.05) is 6.42 Å². The number of carboxylic acid groups (broad SMARTS) is 1. The van der Waals surface area contributed by atoms with Gasteiger partial charge >= 0.3 is 13.1 Å². The first kappa shape index (κ1) is 15.0. The second-order valence-corrected chi connectivity index (χ2v) is 4.54. The SMILES string of the molecule is Cl.NC1(C(=O)O)CCc2ccc(B(O)O)cc2C1. The monoisotopic (exact) mass is 271 g/mol. The molecule has 1 aliphatic carbocycles. The fourth-order valence-corrected chi connectivity index (χ4v) is 2.18. The van der Waals surface area contributed by atoms with Crippen molar-refractivity contribution >= 4 is 31.0 Å². The van der Waals surface area contributed by atoms with Gasteiger partial charge in [-0.2, -0.15) is 0 Å². The summed E-state index contributed by atoms with van der Waals surface area (Å²) in [5.74, 6) is -1.02. The molecule has 0 amide bonds. The summed E-state index contributed by atoms with van der Waals surface area (Å²) in [5, 5.41) is 27.2. The number of fused-ring (bicyclic) bond motifs is 1. The lowest BCUT2D eigenvalue weighted by molar-refractivity contribution is -0.143. The third kappa shape index (κ3) is 2.67. The van der Waals surface area contributed by atoms with Gasteiger partial charge in [-0.05, 0) is 29.4 Å². The maximum Gasteiger partial charge on any atom is 0.488 e. The Balaban J connectivity index is 0.00000162. The molecule has 0 radical (unpaired) electrons. The van der Waals surface area contributed by atoms with Gasteiger partial charge in [0.2, 0.25) is 0 Å². The number of benzene rings is 1. The van der Waals surface area contributed by atoms with Gasteiger partial charge in [0.25, 0.3) is 0 Å². The molecule has 98 valence electrons. The van der Waals surface area contributed by atoms with E-state index in [1.54, 1.807) is 18.2 Å². The Morgan fingerprint density at radius 2 is 2.00 bits per heavy atom. The molecule has 1 unspecified atom stereocenters. The molecule has 0 aromatic heterocycles. The van der Waals surface area contributed by atoms with Crippen molar-refractivity contribution < 1.29 is 19.9 Å². The third-order valence-electron chi connectivity index (χ3n) is 3.30. The Kier molecular flexibility index (Phi) is 4.39. The maximum atomic E-state index is 11.1. The molecular weight excluding hydrogens is 256 g/mol. The first-order valence-corrected chi connectivity index (χ1v) is 5.42.